The number of hydrogen-bond acceptors (Lipinski definition) is 1. The molecule has 0 heterocycles. The third kappa shape index (κ3) is 1.76. The molecule has 1 N–H and O–H groups in total. The van der Waals surface area contributed by atoms with Crippen LogP contribution < -0.4 is 0 Å². The van der Waals surface area contributed by atoms with E-state index in [0.717, 1.165) is 11.1 Å². The van der Waals surface area contributed by atoms with Gasteiger partial charge in [0, 0.05) is 5.57 Å². The Hall–Kier alpha value is -1.50. The molecule has 0 aliphatic heterocycles. The fourth-order valence-corrected chi connectivity index (χ4v) is 1.12. The minimum Gasteiger partial charge on any atom is -0.508 e. The molecule has 0 bridgehead atoms. The standard InChI is InChI=1S/C11H12O/c1-3-11(9(2)12)10-7-5-4-6-8-10/h3-8,12H,2H2,1H3/b11-3+. The molecule has 0 saturated heterocycles. The molecule has 0 amide bonds. The van der Waals surface area contributed by atoms with E-state index < -0.39 is 0 Å². The number of aliphatic hydroxyl groups excluding tert-OH is 1. The van der Waals surface area contributed by atoms with Crippen molar-refractivity contribution in [2.45, 2.75) is 6.92 Å². The molecule has 0 radical (unpaired) electrons. The highest BCUT2D eigenvalue weighted by atomic mass is 16.3. The van der Waals surface area contributed by atoms with Crippen LogP contribution in [-0.4, -0.2) is 5.11 Å². The van der Waals surface area contributed by atoms with E-state index in [2.05, 4.69) is 6.58 Å². The molecule has 0 unspecified atom stereocenters. The van der Waals surface area contributed by atoms with Gasteiger partial charge in [0.2, 0.25) is 0 Å². The Labute approximate surface area is 72.7 Å². The van der Waals surface area contributed by atoms with Crippen LogP contribution in [0.4, 0.5) is 0 Å². The van der Waals surface area contributed by atoms with Crippen molar-refractivity contribution in [3.05, 3.63) is 54.3 Å². The molecule has 0 saturated carbocycles. The SMILES string of the molecule is C=C(O)/C(=C\C)c1ccccc1. The van der Waals surface area contributed by atoms with E-state index in [9.17, 15) is 5.11 Å². The molecule has 1 aromatic rings. The van der Waals surface area contributed by atoms with Crippen molar-refractivity contribution >= 4 is 5.57 Å². The second-order valence-electron chi connectivity index (χ2n) is 2.52. The zero-order chi connectivity index (χ0) is 8.97. The monoisotopic (exact) mass is 160 g/mol. The predicted molar refractivity (Wildman–Crippen MR) is 51.9 cm³/mol. The normalized spacial score (nSPS) is 11.2. The smallest absolute Gasteiger partial charge is 0.115 e. The zero-order valence-corrected chi connectivity index (χ0v) is 7.12. The van der Waals surface area contributed by atoms with Gasteiger partial charge in [-0.15, -0.1) is 0 Å². The number of rotatable bonds is 2. The average molecular weight is 160 g/mol. The van der Waals surface area contributed by atoms with Crippen LogP contribution in [0.2, 0.25) is 0 Å². The summed E-state index contributed by atoms with van der Waals surface area (Å²) >= 11 is 0. The quantitative estimate of drug-likeness (QED) is 0.520. The molecule has 1 nitrogen and oxygen atoms in total. The minimum atomic E-state index is 0.115. The Morgan fingerprint density at radius 2 is 1.92 bits per heavy atom. The number of aliphatic hydroxyl groups is 1. The van der Waals surface area contributed by atoms with Crippen molar-refractivity contribution in [2.75, 3.05) is 0 Å². The largest absolute Gasteiger partial charge is 0.508 e. The zero-order valence-electron chi connectivity index (χ0n) is 7.12. The van der Waals surface area contributed by atoms with Gasteiger partial charge in [-0.2, -0.15) is 0 Å². The van der Waals surface area contributed by atoms with Gasteiger partial charge in [-0.1, -0.05) is 43.0 Å². The van der Waals surface area contributed by atoms with Crippen LogP contribution in [0.25, 0.3) is 5.57 Å². The molecule has 0 aliphatic carbocycles. The molecule has 1 heteroatoms. The molecule has 1 aromatic carbocycles. The van der Waals surface area contributed by atoms with Crippen LogP contribution in [0.5, 0.6) is 0 Å². The van der Waals surface area contributed by atoms with Crippen LogP contribution in [0.15, 0.2) is 48.7 Å². The summed E-state index contributed by atoms with van der Waals surface area (Å²) in [7, 11) is 0. The summed E-state index contributed by atoms with van der Waals surface area (Å²) in [4.78, 5) is 0. The summed E-state index contributed by atoms with van der Waals surface area (Å²) in [6.45, 7) is 5.37. The molecule has 0 fully saturated rings. The van der Waals surface area contributed by atoms with E-state index in [1.54, 1.807) is 0 Å². The van der Waals surface area contributed by atoms with Gasteiger partial charge < -0.3 is 5.11 Å². The molecule has 1 rings (SSSR count). The third-order valence-corrected chi connectivity index (χ3v) is 1.68. The maximum Gasteiger partial charge on any atom is 0.115 e. The lowest BCUT2D eigenvalue weighted by Crippen LogP contribution is -1.85. The van der Waals surface area contributed by atoms with Gasteiger partial charge in [-0.05, 0) is 12.5 Å². The first-order chi connectivity index (χ1) is 5.75. The summed E-state index contributed by atoms with van der Waals surface area (Å²) in [5, 5.41) is 9.20. The number of hydrogen-bond donors (Lipinski definition) is 1. The Bertz CT molecular complexity index is 296. The van der Waals surface area contributed by atoms with E-state index in [1.807, 2.05) is 43.3 Å². The summed E-state index contributed by atoms with van der Waals surface area (Å²) < 4.78 is 0. The Kier molecular flexibility index (Phi) is 2.70. The second-order valence-corrected chi connectivity index (χ2v) is 2.52. The van der Waals surface area contributed by atoms with E-state index in [1.165, 1.54) is 0 Å². The summed E-state index contributed by atoms with van der Waals surface area (Å²) in [5.41, 5.74) is 1.78. The Morgan fingerprint density at radius 1 is 1.33 bits per heavy atom. The van der Waals surface area contributed by atoms with Crippen molar-refractivity contribution in [3.8, 4) is 0 Å². The van der Waals surface area contributed by atoms with E-state index >= 15 is 0 Å². The van der Waals surface area contributed by atoms with Crippen LogP contribution >= 0.6 is 0 Å². The third-order valence-electron chi connectivity index (χ3n) is 1.68. The molecule has 0 aromatic heterocycles. The molecule has 0 atom stereocenters. The summed E-state index contributed by atoms with van der Waals surface area (Å²) in [6, 6.07) is 9.69. The molecule has 62 valence electrons. The van der Waals surface area contributed by atoms with Crippen LogP contribution in [0.3, 0.4) is 0 Å². The Balaban J connectivity index is 3.05. The van der Waals surface area contributed by atoms with Gasteiger partial charge >= 0.3 is 0 Å². The summed E-state index contributed by atoms with van der Waals surface area (Å²) in [5.74, 6) is 0.115. The fourth-order valence-electron chi connectivity index (χ4n) is 1.12. The maximum atomic E-state index is 9.20. The first-order valence-corrected chi connectivity index (χ1v) is 3.85. The van der Waals surface area contributed by atoms with E-state index in [0.29, 0.717) is 0 Å². The van der Waals surface area contributed by atoms with Crippen molar-refractivity contribution in [1.29, 1.82) is 0 Å². The van der Waals surface area contributed by atoms with Crippen molar-refractivity contribution in [3.63, 3.8) is 0 Å². The van der Waals surface area contributed by atoms with Gasteiger partial charge in [0.1, 0.15) is 5.76 Å². The highest BCUT2D eigenvalue weighted by Gasteiger charge is 2.00. The highest BCUT2D eigenvalue weighted by molar-refractivity contribution is 5.75. The lowest BCUT2D eigenvalue weighted by atomic mass is 10.1. The van der Waals surface area contributed by atoms with Crippen molar-refractivity contribution in [1.82, 2.24) is 0 Å². The average Bonchev–Trinajstić information content (AvgIpc) is 2.07. The topological polar surface area (TPSA) is 20.2 Å². The fraction of sp³-hybridized carbons (Fsp3) is 0.0909. The van der Waals surface area contributed by atoms with Gasteiger partial charge in [0.25, 0.3) is 0 Å². The summed E-state index contributed by atoms with van der Waals surface area (Å²) in [6.07, 6.45) is 1.84. The highest BCUT2D eigenvalue weighted by Crippen LogP contribution is 2.18. The van der Waals surface area contributed by atoms with Crippen molar-refractivity contribution < 1.29 is 5.11 Å². The van der Waals surface area contributed by atoms with E-state index in [-0.39, 0.29) is 5.76 Å². The molecular weight excluding hydrogens is 148 g/mol. The minimum absolute atomic E-state index is 0.115. The van der Waals surface area contributed by atoms with Gasteiger partial charge in [0.15, 0.2) is 0 Å². The van der Waals surface area contributed by atoms with Crippen LogP contribution in [0, 0.1) is 0 Å². The molecule has 0 spiro atoms. The van der Waals surface area contributed by atoms with Crippen molar-refractivity contribution in [2.24, 2.45) is 0 Å². The first kappa shape index (κ1) is 8.60. The number of benzene rings is 1. The molecular formula is C11H12O. The van der Waals surface area contributed by atoms with Gasteiger partial charge in [-0.3, -0.25) is 0 Å². The van der Waals surface area contributed by atoms with Gasteiger partial charge in [-0.25, -0.2) is 0 Å². The lowest BCUT2D eigenvalue weighted by molar-refractivity contribution is 0.440. The van der Waals surface area contributed by atoms with Gasteiger partial charge in [0.05, 0.1) is 0 Å². The lowest BCUT2D eigenvalue weighted by Gasteiger charge is -2.03. The second kappa shape index (κ2) is 3.77. The van der Waals surface area contributed by atoms with Crippen LogP contribution in [0.1, 0.15) is 12.5 Å². The van der Waals surface area contributed by atoms with Crippen LogP contribution in [-0.2, 0) is 0 Å². The Morgan fingerprint density at radius 3 is 2.33 bits per heavy atom. The predicted octanol–water partition coefficient (Wildman–Crippen LogP) is 3.16. The molecule has 12 heavy (non-hydrogen) atoms. The maximum absolute atomic E-state index is 9.20. The van der Waals surface area contributed by atoms with E-state index in [4.69, 9.17) is 0 Å². The number of allylic oxidation sites excluding steroid dienone is 2. The first-order valence-electron chi connectivity index (χ1n) is 3.85. The molecule has 0 aliphatic rings.